The third-order valence-corrected chi connectivity index (χ3v) is 2.98. The van der Waals surface area contributed by atoms with Crippen molar-refractivity contribution in [2.24, 2.45) is 0 Å². The Morgan fingerprint density at radius 2 is 1.95 bits per heavy atom. The van der Waals surface area contributed by atoms with Gasteiger partial charge in [0.25, 0.3) is 5.91 Å². The van der Waals surface area contributed by atoms with Gasteiger partial charge in [-0.2, -0.15) is 0 Å². The highest BCUT2D eigenvalue weighted by Crippen LogP contribution is 2.12. The Kier molecular flexibility index (Phi) is 4.81. The summed E-state index contributed by atoms with van der Waals surface area (Å²) in [5.74, 6) is 6.87. The lowest BCUT2D eigenvalue weighted by atomic mass is 10.1. The first-order chi connectivity index (χ1) is 10.1. The van der Waals surface area contributed by atoms with Crippen LogP contribution in [0.1, 0.15) is 27.4 Å². The standard InChI is InChI=1S/C17H17NO3/c1-13-5-10-16(21-13)12-18(2)17(20)15-8-6-14(7-9-15)4-3-11-19/h5-10,19H,11-12H2,1-2H3. The van der Waals surface area contributed by atoms with Gasteiger partial charge in [-0.15, -0.1) is 0 Å². The molecule has 0 saturated carbocycles. The minimum absolute atomic E-state index is 0.0780. The maximum absolute atomic E-state index is 12.3. The predicted molar refractivity (Wildman–Crippen MR) is 79.6 cm³/mol. The Hall–Kier alpha value is -2.51. The van der Waals surface area contributed by atoms with Crippen LogP contribution in [0.5, 0.6) is 0 Å². The Morgan fingerprint density at radius 3 is 2.52 bits per heavy atom. The fraction of sp³-hybridized carbons (Fsp3) is 0.235. The van der Waals surface area contributed by atoms with Crippen molar-refractivity contribution in [2.45, 2.75) is 13.5 Å². The van der Waals surface area contributed by atoms with E-state index in [2.05, 4.69) is 11.8 Å². The molecular weight excluding hydrogens is 266 g/mol. The van der Waals surface area contributed by atoms with E-state index >= 15 is 0 Å². The molecule has 0 unspecified atom stereocenters. The van der Waals surface area contributed by atoms with Gasteiger partial charge >= 0.3 is 0 Å². The number of rotatable bonds is 3. The molecule has 0 bridgehead atoms. The molecule has 21 heavy (non-hydrogen) atoms. The molecular formula is C17H17NO3. The van der Waals surface area contributed by atoms with Crippen LogP contribution in [-0.2, 0) is 6.54 Å². The molecule has 4 heteroatoms. The molecule has 1 heterocycles. The second-order valence-corrected chi connectivity index (χ2v) is 4.71. The summed E-state index contributed by atoms with van der Waals surface area (Å²) >= 11 is 0. The van der Waals surface area contributed by atoms with Crippen LogP contribution in [-0.4, -0.2) is 29.6 Å². The largest absolute Gasteiger partial charge is 0.464 e. The molecule has 2 aromatic rings. The summed E-state index contributed by atoms with van der Waals surface area (Å²) in [6.45, 7) is 2.13. The van der Waals surface area contributed by atoms with E-state index in [1.807, 2.05) is 19.1 Å². The van der Waals surface area contributed by atoms with Crippen LogP contribution in [0.25, 0.3) is 0 Å². The second kappa shape index (κ2) is 6.78. The first-order valence-electron chi connectivity index (χ1n) is 6.60. The minimum atomic E-state index is -0.175. The highest BCUT2D eigenvalue weighted by atomic mass is 16.3. The molecule has 1 aromatic heterocycles. The molecule has 4 nitrogen and oxygen atoms in total. The van der Waals surface area contributed by atoms with Gasteiger partial charge in [0.05, 0.1) is 6.54 Å². The van der Waals surface area contributed by atoms with E-state index in [-0.39, 0.29) is 12.5 Å². The Morgan fingerprint density at radius 1 is 1.24 bits per heavy atom. The van der Waals surface area contributed by atoms with Crippen LogP contribution in [0.15, 0.2) is 40.8 Å². The quantitative estimate of drug-likeness (QED) is 0.879. The smallest absolute Gasteiger partial charge is 0.254 e. The molecule has 0 atom stereocenters. The average molecular weight is 283 g/mol. The summed E-state index contributed by atoms with van der Waals surface area (Å²) < 4.78 is 5.47. The molecule has 0 aliphatic rings. The van der Waals surface area contributed by atoms with Crippen molar-refractivity contribution in [1.29, 1.82) is 0 Å². The second-order valence-electron chi connectivity index (χ2n) is 4.71. The zero-order valence-corrected chi connectivity index (χ0v) is 12.1. The average Bonchev–Trinajstić information content (AvgIpc) is 2.90. The van der Waals surface area contributed by atoms with Gasteiger partial charge in [-0.1, -0.05) is 11.8 Å². The lowest BCUT2D eigenvalue weighted by Gasteiger charge is -2.15. The number of aryl methyl sites for hydroxylation is 1. The number of aliphatic hydroxyl groups is 1. The maximum atomic E-state index is 12.3. The van der Waals surface area contributed by atoms with Gasteiger partial charge in [0.1, 0.15) is 18.1 Å². The SMILES string of the molecule is Cc1ccc(CN(C)C(=O)c2ccc(C#CCO)cc2)o1. The van der Waals surface area contributed by atoms with E-state index < -0.39 is 0 Å². The van der Waals surface area contributed by atoms with Crippen LogP contribution >= 0.6 is 0 Å². The number of hydrogen-bond donors (Lipinski definition) is 1. The third kappa shape index (κ3) is 3.98. The van der Waals surface area contributed by atoms with Crippen molar-refractivity contribution < 1.29 is 14.3 Å². The molecule has 2 rings (SSSR count). The summed E-state index contributed by atoms with van der Waals surface area (Å²) in [5.41, 5.74) is 1.36. The van der Waals surface area contributed by atoms with Gasteiger partial charge in [-0.25, -0.2) is 0 Å². The molecule has 1 N–H and O–H groups in total. The molecule has 0 aliphatic carbocycles. The van der Waals surface area contributed by atoms with Gasteiger partial charge in [0.15, 0.2) is 0 Å². The van der Waals surface area contributed by atoms with Gasteiger partial charge in [-0.05, 0) is 43.3 Å². The molecule has 0 fully saturated rings. The van der Waals surface area contributed by atoms with Crippen LogP contribution in [0.3, 0.4) is 0 Å². The molecule has 0 spiro atoms. The number of hydrogen-bond acceptors (Lipinski definition) is 3. The summed E-state index contributed by atoms with van der Waals surface area (Å²) in [6.07, 6.45) is 0. The third-order valence-electron chi connectivity index (χ3n) is 2.98. The first kappa shape index (κ1) is 14.9. The van der Waals surface area contributed by atoms with Gasteiger partial charge in [-0.3, -0.25) is 4.79 Å². The number of furan rings is 1. The van der Waals surface area contributed by atoms with Crippen molar-refractivity contribution >= 4 is 5.91 Å². The Bertz CT molecular complexity index is 674. The van der Waals surface area contributed by atoms with Gasteiger partial charge in [0, 0.05) is 18.2 Å². The highest BCUT2D eigenvalue weighted by molar-refractivity contribution is 5.94. The van der Waals surface area contributed by atoms with E-state index in [9.17, 15) is 4.79 Å². The van der Waals surface area contributed by atoms with E-state index in [0.29, 0.717) is 12.1 Å². The molecule has 1 amide bonds. The number of amides is 1. The van der Waals surface area contributed by atoms with Crippen molar-refractivity contribution in [1.82, 2.24) is 4.90 Å². The lowest BCUT2D eigenvalue weighted by Crippen LogP contribution is -2.25. The summed E-state index contributed by atoms with van der Waals surface area (Å²) in [5, 5.41) is 8.64. The molecule has 0 saturated heterocycles. The number of carbonyl (C=O) groups excluding carboxylic acids is 1. The monoisotopic (exact) mass is 283 g/mol. The summed E-state index contributed by atoms with van der Waals surface area (Å²) in [6, 6.07) is 10.7. The van der Waals surface area contributed by atoms with E-state index in [4.69, 9.17) is 9.52 Å². The fourth-order valence-corrected chi connectivity index (χ4v) is 1.93. The van der Waals surface area contributed by atoms with Gasteiger partial charge in [0.2, 0.25) is 0 Å². The zero-order chi connectivity index (χ0) is 15.2. The first-order valence-corrected chi connectivity index (χ1v) is 6.60. The van der Waals surface area contributed by atoms with E-state index in [1.54, 1.807) is 36.2 Å². The summed E-state index contributed by atoms with van der Waals surface area (Å²) in [7, 11) is 1.74. The maximum Gasteiger partial charge on any atom is 0.254 e. The van der Waals surface area contributed by atoms with E-state index in [1.165, 1.54) is 0 Å². The number of carbonyl (C=O) groups is 1. The molecule has 108 valence electrons. The van der Waals surface area contributed by atoms with Crippen LogP contribution < -0.4 is 0 Å². The number of aliphatic hydroxyl groups excluding tert-OH is 1. The topological polar surface area (TPSA) is 53.7 Å². The number of benzene rings is 1. The number of nitrogens with zero attached hydrogens (tertiary/aromatic N) is 1. The van der Waals surface area contributed by atoms with Crippen molar-refractivity contribution in [2.75, 3.05) is 13.7 Å². The van der Waals surface area contributed by atoms with Crippen molar-refractivity contribution in [3.05, 3.63) is 59.0 Å². The van der Waals surface area contributed by atoms with Crippen molar-refractivity contribution in [3.8, 4) is 11.8 Å². The van der Waals surface area contributed by atoms with Crippen LogP contribution in [0, 0.1) is 18.8 Å². The van der Waals surface area contributed by atoms with Crippen LogP contribution in [0.2, 0.25) is 0 Å². The zero-order valence-electron chi connectivity index (χ0n) is 12.1. The normalized spacial score (nSPS) is 9.86. The highest BCUT2D eigenvalue weighted by Gasteiger charge is 2.13. The lowest BCUT2D eigenvalue weighted by molar-refractivity contribution is 0.0775. The molecule has 0 radical (unpaired) electrons. The Labute approximate surface area is 124 Å². The van der Waals surface area contributed by atoms with Gasteiger partial charge < -0.3 is 14.4 Å². The minimum Gasteiger partial charge on any atom is -0.464 e. The molecule has 1 aromatic carbocycles. The van der Waals surface area contributed by atoms with E-state index in [0.717, 1.165) is 17.1 Å². The Balaban J connectivity index is 2.05. The van der Waals surface area contributed by atoms with Crippen molar-refractivity contribution in [3.63, 3.8) is 0 Å². The predicted octanol–water partition coefficient (Wildman–Crippen LogP) is 2.20. The van der Waals surface area contributed by atoms with Crippen LogP contribution in [0.4, 0.5) is 0 Å². The molecule has 0 aliphatic heterocycles. The fourth-order valence-electron chi connectivity index (χ4n) is 1.93. The summed E-state index contributed by atoms with van der Waals surface area (Å²) in [4.78, 5) is 13.9.